The molecule has 23 heavy (non-hydrogen) atoms. The molecule has 1 aromatic carbocycles. The lowest BCUT2D eigenvalue weighted by atomic mass is 9.96. The lowest BCUT2D eigenvalue weighted by Gasteiger charge is -2.31. The van der Waals surface area contributed by atoms with E-state index in [0.717, 1.165) is 5.56 Å². The second-order valence-corrected chi connectivity index (χ2v) is 5.71. The summed E-state index contributed by atoms with van der Waals surface area (Å²) < 4.78 is 0. The molecule has 0 bridgehead atoms. The summed E-state index contributed by atoms with van der Waals surface area (Å²) in [5.41, 5.74) is 6.08. The van der Waals surface area contributed by atoms with E-state index in [0.29, 0.717) is 19.4 Å². The second-order valence-electron chi connectivity index (χ2n) is 5.71. The zero-order valence-electron chi connectivity index (χ0n) is 12.8. The molecule has 1 saturated heterocycles. The Bertz CT molecular complexity index is 576. The van der Waals surface area contributed by atoms with Crippen LogP contribution in [0.1, 0.15) is 18.4 Å². The third kappa shape index (κ3) is 4.70. The van der Waals surface area contributed by atoms with Crippen molar-refractivity contribution in [1.29, 1.82) is 0 Å². The van der Waals surface area contributed by atoms with Gasteiger partial charge < -0.3 is 21.1 Å². The summed E-state index contributed by atoms with van der Waals surface area (Å²) in [6.45, 7) is 0.768. The van der Waals surface area contributed by atoms with E-state index in [4.69, 9.17) is 5.73 Å². The molecular formula is C16H21N3O4. The first kappa shape index (κ1) is 16.8. The van der Waals surface area contributed by atoms with Crippen molar-refractivity contribution in [2.24, 2.45) is 11.7 Å². The molecule has 2 rings (SSSR count). The first-order valence-corrected chi connectivity index (χ1v) is 7.59. The van der Waals surface area contributed by atoms with Crippen LogP contribution in [-0.2, 0) is 16.0 Å². The molecule has 0 saturated carbocycles. The van der Waals surface area contributed by atoms with Crippen LogP contribution in [0.15, 0.2) is 30.3 Å². The Kier molecular flexibility index (Phi) is 5.56. The Hall–Kier alpha value is -2.57. The van der Waals surface area contributed by atoms with Crippen molar-refractivity contribution in [2.75, 3.05) is 13.1 Å². The first-order valence-electron chi connectivity index (χ1n) is 7.59. The fraction of sp³-hybridized carbons (Fsp3) is 0.438. The average molecular weight is 319 g/mol. The molecule has 0 spiro atoms. The number of amides is 3. The standard InChI is InChI=1S/C16H21N3O4/c17-16(23)19-8-4-7-12(10-19)14(20)18-13(15(21)22)9-11-5-2-1-3-6-11/h1-3,5-6,12-13H,4,7-10H2,(H2,17,23)(H,18,20)(H,21,22)/t12?,13-/m0/s1. The molecule has 124 valence electrons. The molecule has 3 amide bonds. The lowest BCUT2D eigenvalue weighted by molar-refractivity contribution is -0.142. The highest BCUT2D eigenvalue weighted by Crippen LogP contribution is 2.17. The van der Waals surface area contributed by atoms with Crippen LogP contribution in [0.25, 0.3) is 0 Å². The zero-order valence-corrected chi connectivity index (χ0v) is 12.8. The summed E-state index contributed by atoms with van der Waals surface area (Å²) in [5, 5.41) is 11.9. The number of urea groups is 1. The number of carboxylic acid groups (broad SMARTS) is 1. The molecule has 1 unspecified atom stereocenters. The van der Waals surface area contributed by atoms with E-state index in [1.807, 2.05) is 30.3 Å². The number of likely N-dealkylation sites (tertiary alicyclic amines) is 1. The second kappa shape index (κ2) is 7.62. The smallest absolute Gasteiger partial charge is 0.326 e. The van der Waals surface area contributed by atoms with Gasteiger partial charge in [0.25, 0.3) is 0 Å². The first-order chi connectivity index (χ1) is 11.0. The van der Waals surface area contributed by atoms with Crippen molar-refractivity contribution >= 4 is 17.9 Å². The van der Waals surface area contributed by atoms with Crippen LogP contribution in [0, 0.1) is 5.92 Å². The summed E-state index contributed by atoms with van der Waals surface area (Å²) in [4.78, 5) is 36.3. The molecule has 1 aliphatic rings. The monoisotopic (exact) mass is 319 g/mol. The Balaban J connectivity index is 1.98. The van der Waals surface area contributed by atoms with Crippen molar-refractivity contribution in [1.82, 2.24) is 10.2 Å². The van der Waals surface area contributed by atoms with Gasteiger partial charge in [-0.1, -0.05) is 30.3 Å². The van der Waals surface area contributed by atoms with Crippen molar-refractivity contribution < 1.29 is 19.5 Å². The highest BCUT2D eigenvalue weighted by atomic mass is 16.4. The largest absolute Gasteiger partial charge is 0.480 e. The SMILES string of the molecule is NC(=O)N1CCCC(C(=O)N[C@@H](Cc2ccccc2)C(=O)O)C1. The molecule has 2 atom stereocenters. The molecule has 1 fully saturated rings. The van der Waals surface area contributed by atoms with Gasteiger partial charge in [-0.2, -0.15) is 0 Å². The van der Waals surface area contributed by atoms with Crippen LogP contribution in [0.5, 0.6) is 0 Å². The molecule has 0 aromatic heterocycles. The number of piperidine rings is 1. The van der Waals surface area contributed by atoms with Crippen LogP contribution in [0.4, 0.5) is 4.79 Å². The molecular weight excluding hydrogens is 298 g/mol. The van der Waals surface area contributed by atoms with Crippen LogP contribution in [0.3, 0.4) is 0 Å². The molecule has 1 aliphatic heterocycles. The number of hydrogen-bond acceptors (Lipinski definition) is 3. The van der Waals surface area contributed by atoms with Crippen molar-refractivity contribution in [3.05, 3.63) is 35.9 Å². The Morgan fingerprint density at radius 3 is 2.61 bits per heavy atom. The van der Waals surface area contributed by atoms with Gasteiger partial charge in [-0.15, -0.1) is 0 Å². The number of benzene rings is 1. The molecule has 0 aliphatic carbocycles. The maximum absolute atomic E-state index is 12.3. The molecule has 7 heteroatoms. The van der Waals surface area contributed by atoms with Gasteiger partial charge in [0, 0.05) is 19.5 Å². The quantitative estimate of drug-likeness (QED) is 0.737. The van der Waals surface area contributed by atoms with E-state index in [9.17, 15) is 19.5 Å². The van der Waals surface area contributed by atoms with Crippen molar-refractivity contribution in [3.63, 3.8) is 0 Å². The summed E-state index contributed by atoms with van der Waals surface area (Å²) >= 11 is 0. The summed E-state index contributed by atoms with van der Waals surface area (Å²) in [7, 11) is 0. The maximum atomic E-state index is 12.3. The number of nitrogens with two attached hydrogens (primary N) is 1. The van der Waals surface area contributed by atoms with Crippen LogP contribution >= 0.6 is 0 Å². The minimum Gasteiger partial charge on any atom is -0.480 e. The molecule has 1 heterocycles. The molecule has 4 N–H and O–H groups in total. The van der Waals surface area contributed by atoms with Gasteiger partial charge in [0.15, 0.2) is 0 Å². The minimum absolute atomic E-state index is 0.216. The number of rotatable bonds is 5. The molecule has 7 nitrogen and oxygen atoms in total. The van der Waals surface area contributed by atoms with E-state index in [2.05, 4.69) is 5.32 Å². The molecule has 1 aromatic rings. The maximum Gasteiger partial charge on any atom is 0.326 e. The summed E-state index contributed by atoms with van der Waals surface area (Å²) in [5.74, 6) is -1.85. The average Bonchev–Trinajstić information content (AvgIpc) is 2.55. The van der Waals surface area contributed by atoms with Gasteiger partial charge in [-0.05, 0) is 18.4 Å². The number of nitrogens with zero attached hydrogens (tertiary/aromatic N) is 1. The predicted molar refractivity (Wildman–Crippen MR) is 83.6 cm³/mol. The van der Waals surface area contributed by atoms with E-state index in [1.165, 1.54) is 4.90 Å². The topological polar surface area (TPSA) is 113 Å². The molecule has 0 radical (unpaired) electrons. The van der Waals surface area contributed by atoms with Gasteiger partial charge in [-0.25, -0.2) is 9.59 Å². The fourth-order valence-electron chi connectivity index (χ4n) is 2.73. The van der Waals surface area contributed by atoms with Gasteiger partial charge in [-0.3, -0.25) is 4.79 Å². The number of nitrogens with one attached hydrogen (secondary N) is 1. The van der Waals surface area contributed by atoms with Gasteiger partial charge in [0.05, 0.1) is 5.92 Å². The highest BCUT2D eigenvalue weighted by Gasteiger charge is 2.30. The third-order valence-corrected chi connectivity index (χ3v) is 4.00. The van der Waals surface area contributed by atoms with E-state index in [1.54, 1.807) is 0 Å². The van der Waals surface area contributed by atoms with Crippen molar-refractivity contribution in [2.45, 2.75) is 25.3 Å². The number of hydrogen-bond donors (Lipinski definition) is 3. The number of carbonyl (C=O) groups is 3. The Morgan fingerprint density at radius 2 is 2.00 bits per heavy atom. The van der Waals surface area contributed by atoms with Crippen LogP contribution in [0.2, 0.25) is 0 Å². The fourth-order valence-corrected chi connectivity index (χ4v) is 2.73. The predicted octanol–water partition coefficient (Wildman–Crippen LogP) is 0.589. The Morgan fingerprint density at radius 1 is 1.30 bits per heavy atom. The van der Waals surface area contributed by atoms with E-state index >= 15 is 0 Å². The van der Waals surface area contributed by atoms with Gasteiger partial charge in [0.2, 0.25) is 5.91 Å². The normalized spacial score (nSPS) is 19.0. The van der Waals surface area contributed by atoms with E-state index in [-0.39, 0.29) is 18.9 Å². The minimum atomic E-state index is -1.08. The van der Waals surface area contributed by atoms with Crippen LogP contribution in [-0.4, -0.2) is 47.0 Å². The van der Waals surface area contributed by atoms with Gasteiger partial charge >= 0.3 is 12.0 Å². The van der Waals surface area contributed by atoms with Crippen molar-refractivity contribution in [3.8, 4) is 0 Å². The number of carboxylic acids is 1. The zero-order chi connectivity index (χ0) is 16.8. The summed E-state index contributed by atoms with van der Waals surface area (Å²) in [6, 6.07) is 7.58. The van der Waals surface area contributed by atoms with Gasteiger partial charge in [0.1, 0.15) is 6.04 Å². The lowest BCUT2D eigenvalue weighted by Crippen LogP contribution is -2.50. The highest BCUT2D eigenvalue weighted by molar-refractivity contribution is 5.86. The number of carbonyl (C=O) groups excluding carboxylic acids is 2. The summed E-state index contributed by atoms with van der Waals surface area (Å²) in [6.07, 6.45) is 1.51. The third-order valence-electron chi connectivity index (χ3n) is 4.00. The number of aliphatic carboxylic acids is 1. The number of primary amides is 1. The van der Waals surface area contributed by atoms with E-state index < -0.39 is 24.0 Å². The van der Waals surface area contributed by atoms with Crippen LogP contribution < -0.4 is 11.1 Å². The Labute approximate surface area is 134 Å².